The molecule has 0 aliphatic heterocycles. The van der Waals surface area contributed by atoms with Gasteiger partial charge in [0.1, 0.15) is 0 Å². The van der Waals surface area contributed by atoms with Crippen molar-refractivity contribution in [2.24, 2.45) is 0 Å². The van der Waals surface area contributed by atoms with Gasteiger partial charge in [0.05, 0.1) is 11.7 Å². The summed E-state index contributed by atoms with van der Waals surface area (Å²) in [5.74, 6) is 0.858. The third-order valence-electron chi connectivity index (χ3n) is 3.19. The van der Waals surface area contributed by atoms with Gasteiger partial charge in [-0.15, -0.1) is 11.3 Å². The fourth-order valence-electron chi connectivity index (χ4n) is 2.40. The molecule has 0 aromatic carbocycles. The highest BCUT2D eigenvalue weighted by Crippen LogP contribution is 2.37. The largest absolute Gasteiger partial charge is 0.447 e. The highest BCUT2D eigenvalue weighted by Gasteiger charge is 2.25. The molecule has 0 fully saturated rings. The molecule has 0 spiro atoms. The summed E-state index contributed by atoms with van der Waals surface area (Å²) in [5, 5.41) is 4.51. The molecule has 1 atom stereocenters. The van der Waals surface area contributed by atoms with Gasteiger partial charge in [-0.3, -0.25) is 0 Å². The van der Waals surface area contributed by atoms with Crippen molar-refractivity contribution in [2.75, 3.05) is 6.54 Å². The first-order chi connectivity index (χ1) is 8.78. The second-order valence-corrected chi connectivity index (χ2v) is 6.30. The molecule has 0 bridgehead atoms. The molecule has 3 nitrogen and oxygen atoms in total. The number of hydrogen-bond acceptors (Lipinski definition) is 4. The van der Waals surface area contributed by atoms with Crippen LogP contribution in [0.1, 0.15) is 36.4 Å². The molecule has 0 radical (unpaired) electrons. The maximum Gasteiger partial charge on any atom is 0.170 e. The van der Waals surface area contributed by atoms with Gasteiger partial charge in [0.15, 0.2) is 15.4 Å². The van der Waals surface area contributed by atoms with E-state index in [4.69, 9.17) is 9.40 Å². The Balaban J connectivity index is 1.95. The molecule has 2 aromatic heterocycles. The van der Waals surface area contributed by atoms with Crippen LogP contribution < -0.4 is 5.32 Å². The van der Waals surface area contributed by atoms with Crippen LogP contribution in [0, 0.1) is 0 Å². The normalized spacial score (nSPS) is 18.9. The monoisotopic (exact) mass is 326 g/mol. The van der Waals surface area contributed by atoms with Gasteiger partial charge in [-0.25, -0.2) is 4.98 Å². The topological polar surface area (TPSA) is 38.1 Å². The first-order valence-electron chi connectivity index (χ1n) is 6.26. The van der Waals surface area contributed by atoms with Gasteiger partial charge in [0, 0.05) is 4.88 Å². The van der Waals surface area contributed by atoms with Crippen LogP contribution in [0.3, 0.4) is 0 Å². The summed E-state index contributed by atoms with van der Waals surface area (Å²) in [7, 11) is 0. The Kier molecular flexibility index (Phi) is 3.54. The zero-order valence-corrected chi connectivity index (χ0v) is 12.6. The Bertz CT molecular complexity index is 549. The van der Waals surface area contributed by atoms with Gasteiger partial charge in [0.25, 0.3) is 0 Å². The second-order valence-electron chi connectivity index (χ2n) is 4.43. The van der Waals surface area contributed by atoms with E-state index in [0.29, 0.717) is 6.04 Å². The van der Waals surface area contributed by atoms with Crippen LogP contribution >= 0.6 is 27.3 Å². The van der Waals surface area contributed by atoms with Crippen molar-refractivity contribution in [3.05, 3.63) is 27.4 Å². The highest BCUT2D eigenvalue weighted by molar-refractivity contribution is 9.10. The van der Waals surface area contributed by atoms with E-state index in [0.717, 1.165) is 28.4 Å². The SMILES string of the molecule is CCNC1CCCc2sc(-c3ccc(Br)o3)nc21. The van der Waals surface area contributed by atoms with Crippen molar-refractivity contribution in [1.82, 2.24) is 10.3 Å². The molecule has 1 aliphatic carbocycles. The predicted octanol–water partition coefficient (Wildman–Crippen LogP) is 4.15. The predicted molar refractivity (Wildman–Crippen MR) is 76.9 cm³/mol. The average molecular weight is 327 g/mol. The molecule has 0 saturated heterocycles. The molecular formula is C13H15BrN2OS. The Morgan fingerprint density at radius 2 is 2.44 bits per heavy atom. The molecule has 3 rings (SSSR count). The third kappa shape index (κ3) is 2.27. The number of hydrogen-bond donors (Lipinski definition) is 1. The van der Waals surface area contributed by atoms with Crippen molar-refractivity contribution in [1.29, 1.82) is 0 Å². The zero-order chi connectivity index (χ0) is 12.5. The number of thiazole rings is 1. The number of fused-ring (bicyclic) bond motifs is 1. The van der Waals surface area contributed by atoms with Crippen molar-refractivity contribution < 1.29 is 4.42 Å². The fraction of sp³-hybridized carbons (Fsp3) is 0.462. The summed E-state index contributed by atoms with van der Waals surface area (Å²) in [5.41, 5.74) is 1.23. The van der Waals surface area contributed by atoms with E-state index < -0.39 is 0 Å². The van der Waals surface area contributed by atoms with E-state index in [9.17, 15) is 0 Å². The summed E-state index contributed by atoms with van der Waals surface area (Å²) in [4.78, 5) is 6.19. The molecular weight excluding hydrogens is 312 g/mol. The summed E-state index contributed by atoms with van der Waals surface area (Å²) < 4.78 is 6.34. The summed E-state index contributed by atoms with van der Waals surface area (Å²) in [6, 6.07) is 4.30. The van der Waals surface area contributed by atoms with Gasteiger partial charge in [-0.05, 0) is 53.9 Å². The number of furan rings is 1. The third-order valence-corrected chi connectivity index (χ3v) is 4.76. The highest BCUT2D eigenvalue weighted by atomic mass is 79.9. The maximum absolute atomic E-state index is 5.59. The van der Waals surface area contributed by atoms with Crippen LogP contribution in [-0.4, -0.2) is 11.5 Å². The van der Waals surface area contributed by atoms with Crippen molar-refractivity contribution in [3.63, 3.8) is 0 Å². The van der Waals surface area contributed by atoms with Crippen molar-refractivity contribution in [3.8, 4) is 10.8 Å². The molecule has 96 valence electrons. The van der Waals surface area contributed by atoms with E-state index >= 15 is 0 Å². The Labute approximate surface area is 119 Å². The number of nitrogens with zero attached hydrogens (tertiary/aromatic N) is 1. The van der Waals surface area contributed by atoms with Crippen molar-refractivity contribution in [2.45, 2.75) is 32.2 Å². The smallest absolute Gasteiger partial charge is 0.170 e. The molecule has 2 heterocycles. The van der Waals surface area contributed by atoms with Crippen LogP contribution in [0.25, 0.3) is 10.8 Å². The Hall–Kier alpha value is -0.650. The van der Waals surface area contributed by atoms with Crippen molar-refractivity contribution >= 4 is 27.3 Å². The van der Waals surface area contributed by atoms with E-state index in [1.165, 1.54) is 23.4 Å². The summed E-state index contributed by atoms with van der Waals surface area (Å²) in [6.07, 6.45) is 3.58. The first kappa shape index (κ1) is 12.4. The fourth-order valence-corrected chi connectivity index (χ4v) is 3.83. The minimum absolute atomic E-state index is 0.419. The molecule has 1 unspecified atom stereocenters. The van der Waals surface area contributed by atoms with Gasteiger partial charge >= 0.3 is 0 Å². The molecule has 1 aliphatic rings. The van der Waals surface area contributed by atoms with E-state index in [1.54, 1.807) is 11.3 Å². The minimum atomic E-state index is 0.419. The number of aryl methyl sites for hydroxylation is 1. The number of aromatic nitrogens is 1. The number of rotatable bonds is 3. The lowest BCUT2D eigenvalue weighted by atomic mass is 9.98. The molecule has 1 N–H and O–H groups in total. The van der Waals surface area contributed by atoms with E-state index in [1.807, 2.05) is 12.1 Å². The standard InChI is InChI=1S/C13H15BrN2OS/c1-2-15-8-4-3-5-10-12(8)16-13(18-10)9-6-7-11(14)17-9/h6-8,15H,2-5H2,1H3. The van der Waals surface area contributed by atoms with Crippen LogP contribution in [-0.2, 0) is 6.42 Å². The van der Waals surface area contributed by atoms with Crippen LogP contribution in [0.2, 0.25) is 0 Å². The average Bonchev–Trinajstić information content (AvgIpc) is 2.95. The lowest BCUT2D eigenvalue weighted by Crippen LogP contribution is -2.24. The Morgan fingerprint density at radius 3 is 3.17 bits per heavy atom. The molecule has 2 aromatic rings. The molecule has 0 amide bonds. The van der Waals surface area contributed by atoms with Gasteiger partial charge in [-0.2, -0.15) is 0 Å². The molecule has 18 heavy (non-hydrogen) atoms. The minimum Gasteiger partial charge on any atom is -0.447 e. The van der Waals surface area contributed by atoms with Crippen LogP contribution in [0.15, 0.2) is 21.2 Å². The van der Waals surface area contributed by atoms with E-state index in [-0.39, 0.29) is 0 Å². The number of halogens is 1. The molecule has 0 saturated carbocycles. The van der Waals surface area contributed by atoms with Gasteiger partial charge < -0.3 is 9.73 Å². The Morgan fingerprint density at radius 1 is 1.56 bits per heavy atom. The summed E-state index contributed by atoms with van der Waals surface area (Å²) >= 11 is 5.10. The lowest BCUT2D eigenvalue weighted by molar-refractivity contribution is 0.465. The van der Waals surface area contributed by atoms with Crippen LogP contribution in [0.4, 0.5) is 0 Å². The summed E-state index contributed by atoms with van der Waals surface area (Å²) in [6.45, 7) is 3.13. The lowest BCUT2D eigenvalue weighted by Gasteiger charge is -2.21. The first-order valence-corrected chi connectivity index (χ1v) is 7.87. The zero-order valence-electron chi connectivity index (χ0n) is 10.2. The quantitative estimate of drug-likeness (QED) is 0.920. The molecule has 5 heteroatoms. The van der Waals surface area contributed by atoms with Crippen LogP contribution in [0.5, 0.6) is 0 Å². The maximum atomic E-state index is 5.59. The second kappa shape index (κ2) is 5.15. The van der Waals surface area contributed by atoms with E-state index in [2.05, 4.69) is 28.2 Å². The van der Waals surface area contributed by atoms with Gasteiger partial charge in [0.2, 0.25) is 0 Å². The van der Waals surface area contributed by atoms with Gasteiger partial charge in [-0.1, -0.05) is 6.92 Å². The number of nitrogens with one attached hydrogen (secondary N) is 1.